The summed E-state index contributed by atoms with van der Waals surface area (Å²) in [5.41, 5.74) is -0.232. The molecule has 82 valence electrons. The smallest absolute Gasteiger partial charge is 0.166 e. The Morgan fingerprint density at radius 3 is 2.33 bits per heavy atom. The molecule has 0 bridgehead atoms. The van der Waals surface area contributed by atoms with Crippen LogP contribution in [0.1, 0.15) is 37.6 Å². The highest BCUT2D eigenvalue weighted by Crippen LogP contribution is 2.22. The summed E-state index contributed by atoms with van der Waals surface area (Å²) in [6.07, 6.45) is 0.246. The van der Waals surface area contributed by atoms with E-state index in [0.717, 1.165) is 12.1 Å². The predicted octanol–water partition coefficient (Wildman–Crippen LogP) is 3.58. The van der Waals surface area contributed by atoms with Crippen molar-refractivity contribution in [2.45, 2.75) is 27.2 Å². The summed E-state index contributed by atoms with van der Waals surface area (Å²) in [6, 6.07) is 3.02. The Morgan fingerprint density at radius 2 is 1.87 bits per heavy atom. The fraction of sp³-hybridized carbons (Fsp3) is 0.417. The lowest BCUT2D eigenvalue weighted by atomic mass is 9.88. The molecule has 0 N–H and O–H groups in total. The summed E-state index contributed by atoms with van der Waals surface area (Å²) in [7, 11) is 0. The molecule has 15 heavy (non-hydrogen) atoms. The summed E-state index contributed by atoms with van der Waals surface area (Å²) in [4.78, 5) is 11.6. The van der Waals surface area contributed by atoms with Crippen molar-refractivity contribution in [2.24, 2.45) is 5.41 Å². The average Bonchev–Trinajstić information content (AvgIpc) is 1.99. The second-order valence-corrected chi connectivity index (χ2v) is 4.78. The van der Waals surface area contributed by atoms with Crippen LogP contribution in [-0.2, 0) is 0 Å². The molecule has 1 aromatic carbocycles. The van der Waals surface area contributed by atoms with Gasteiger partial charge in [0.15, 0.2) is 5.78 Å². The molecule has 0 radical (unpaired) electrons. The SMILES string of the molecule is CC(C)(C)CC(=O)c1ccc(F)cc1F. The molecule has 1 rings (SSSR count). The van der Waals surface area contributed by atoms with E-state index in [9.17, 15) is 13.6 Å². The van der Waals surface area contributed by atoms with Gasteiger partial charge in [0.25, 0.3) is 0 Å². The number of carbonyl (C=O) groups excluding carboxylic acids is 1. The first kappa shape index (κ1) is 11.8. The summed E-state index contributed by atoms with van der Waals surface area (Å²) in [6.45, 7) is 5.69. The molecular formula is C12H14F2O. The maximum Gasteiger partial charge on any atom is 0.166 e. The van der Waals surface area contributed by atoms with Crippen molar-refractivity contribution in [3.05, 3.63) is 35.4 Å². The molecule has 0 aliphatic rings. The molecular weight excluding hydrogens is 198 g/mol. The third-order valence-electron chi connectivity index (χ3n) is 1.92. The first-order valence-electron chi connectivity index (χ1n) is 4.78. The number of hydrogen-bond donors (Lipinski definition) is 0. The number of rotatable bonds is 2. The van der Waals surface area contributed by atoms with Crippen molar-refractivity contribution >= 4 is 5.78 Å². The van der Waals surface area contributed by atoms with Crippen LogP contribution in [0.4, 0.5) is 8.78 Å². The molecule has 0 saturated heterocycles. The van der Waals surface area contributed by atoms with Crippen molar-refractivity contribution in [3.63, 3.8) is 0 Å². The van der Waals surface area contributed by atoms with Crippen LogP contribution in [-0.4, -0.2) is 5.78 Å². The second kappa shape index (κ2) is 4.09. The minimum absolute atomic E-state index is 0.0358. The normalized spacial score (nSPS) is 11.5. The first-order valence-corrected chi connectivity index (χ1v) is 4.78. The van der Waals surface area contributed by atoms with Crippen LogP contribution in [0, 0.1) is 17.0 Å². The minimum Gasteiger partial charge on any atom is -0.294 e. The van der Waals surface area contributed by atoms with Crippen molar-refractivity contribution in [1.82, 2.24) is 0 Å². The molecule has 0 unspecified atom stereocenters. The lowest BCUT2D eigenvalue weighted by Gasteiger charge is -2.16. The Kier molecular flexibility index (Phi) is 3.22. The zero-order valence-electron chi connectivity index (χ0n) is 9.10. The van der Waals surface area contributed by atoms with E-state index in [-0.39, 0.29) is 23.2 Å². The molecule has 0 atom stereocenters. The van der Waals surface area contributed by atoms with E-state index in [1.165, 1.54) is 6.07 Å². The molecule has 0 fully saturated rings. The Labute approximate surface area is 88.1 Å². The first-order chi connectivity index (χ1) is 6.79. The van der Waals surface area contributed by atoms with Gasteiger partial charge in [0.1, 0.15) is 11.6 Å². The number of ketones is 1. The third kappa shape index (κ3) is 3.42. The minimum atomic E-state index is -0.788. The van der Waals surface area contributed by atoms with Crippen LogP contribution in [0.25, 0.3) is 0 Å². The van der Waals surface area contributed by atoms with Gasteiger partial charge in [0, 0.05) is 12.5 Å². The highest BCUT2D eigenvalue weighted by Gasteiger charge is 2.19. The van der Waals surface area contributed by atoms with Crippen LogP contribution < -0.4 is 0 Å². The zero-order valence-corrected chi connectivity index (χ0v) is 9.10. The van der Waals surface area contributed by atoms with Crippen LogP contribution in [0.15, 0.2) is 18.2 Å². The maximum absolute atomic E-state index is 13.2. The summed E-state index contributed by atoms with van der Waals surface area (Å²) in [5.74, 6) is -1.75. The highest BCUT2D eigenvalue weighted by atomic mass is 19.1. The number of hydrogen-bond acceptors (Lipinski definition) is 1. The molecule has 0 aliphatic heterocycles. The predicted molar refractivity (Wildman–Crippen MR) is 54.8 cm³/mol. The van der Waals surface area contributed by atoms with Gasteiger partial charge >= 0.3 is 0 Å². The van der Waals surface area contributed by atoms with Gasteiger partial charge in [-0.05, 0) is 17.5 Å². The largest absolute Gasteiger partial charge is 0.294 e. The van der Waals surface area contributed by atoms with Gasteiger partial charge < -0.3 is 0 Å². The van der Waals surface area contributed by atoms with Gasteiger partial charge in [0.05, 0.1) is 5.56 Å². The highest BCUT2D eigenvalue weighted by molar-refractivity contribution is 5.96. The fourth-order valence-corrected chi connectivity index (χ4v) is 1.29. The van der Waals surface area contributed by atoms with E-state index >= 15 is 0 Å². The quantitative estimate of drug-likeness (QED) is 0.685. The standard InChI is InChI=1S/C12H14F2O/c1-12(2,3)7-11(15)9-5-4-8(13)6-10(9)14/h4-6H,7H2,1-3H3. The van der Waals surface area contributed by atoms with Crippen molar-refractivity contribution in [1.29, 1.82) is 0 Å². The van der Waals surface area contributed by atoms with E-state index in [1.54, 1.807) is 0 Å². The fourth-order valence-electron chi connectivity index (χ4n) is 1.29. The van der Waals surface area contributed by atoms with E-state index < -0.39 is 11.6 Å². The molecule has 3 heteroatoms. The number of Topliss-reactive ketones (excluding diaryl/α,β-unsaturated/α-hetero) is 1. The van der Waals surface area contributed by atoms with Crippen LogP contribution in [0.2, 0.25) is 0 Å². The van der Waals surface area contributed by atoms with Crippen molar-refractivity contribution in [3.8, 4) is 0 Å². The molecule has 0 aromatic heterocycles. The van der Waals surface area contributed by atoms with Crippen molar-refractivity contribution < 1.29 is 13.6 Å². The lowest BCUT2D eigenvalue weighted by Crippen LogP contribution is -2.14. The Hall–Kier alpha value is -1.25. The van der Waals surface area contributed by atoms with Gasteiger partial charge in [-0.2, -0.15) is 0 Å². The molecule has 1 nitrogen and oxygen atoms in total. The topological polar surface area (TPSA) is 17.1 Å². The molecule has 0 heterocycles. The van der Waals surface area contributed by atoms with Gasteiger partial charge in [-0.3, -0.25) is 4.79 Å². The third-order valence-corrected chi connectivity index (χ3v) is 1.92. The maximum atomic E-state index is 13.2. The van der Waals surface area contributed by atoms with E-state index in [0.29, 0.717) is 0 Å². The monoisotopic (exact) mass is 212 g/mol. The molecule has 1 aromatic rings. The lowest BCUT2D eigenvalue weighted by molar-refractivity contribution is 0.0936. The van der Waals surface area contributed by atoms with E-state index in [4.69, 9.17) is 0 Å². The van der Waals surface area contributed by atoms with Gasteiger partial charge in [-0.1, -0.05) is 20.8 Å². The van der Waals surface area contributed by atoms with Crippen molar-refractivity contribution in [2.75, 3.05) is 0 Å². The van der Waals surface area contributed by atoms with Crippen LogP contribution >= 0.6 is 0 Å². The van der Waals surface area contributed by atoms with Gasteiger partial charge in [0.2, 0.25) is 0 Å². The van der Waals surface area contributed by atoms with E-state index in [2.05, 4.69) is 0 Å². The Balaban J connectivity index is 2.92. The van der Waals surface area contributed by atoms with Gasteiger partial charge in [-0.15, -0.1) is 0 Å². The second-order valence-electron chi connectivity index (χ2n) is 4.78. The van der Waals surface area contributed by atoms with Crippen LogP contribution in [0.5, 0.6) is 0 Å². The van der Waals surface area contributed by atoms with Gasteiger partial charge in [-0.25, -0.2) is 8.78 Å². The molecule has 0 aliphatic carbocycles. The number of halogens is 2. The Bertz CT molecular complexity index is 378. The van der Waals surface area contributed by atoms with E-state index in [1.807, 2.05) is 20.8 Å². The summed E-state index contributed by atoms with van der Waals surface area (Å²) >= 11 is 0. The Morgan fingerprint density at radius 1 is 1.27 bits per heavy atom. The zero-order chi connectivity index (χ0) is 11.6. The number of benzene rings is 1. The molecule has 0 spiro atoms. The molecule has 0 saturated carbocycles. The molecule has 0 amide bonds. The van der Waals surface area contributed by atoms with Crippen LogP contribution in [0.3, 0.4) is 0 Å². The average molecular weight is 212 g/mol. The summed E-state index contributed by atoms with van der Waals surface area (Å²) in [5, 5.41) is 0. The summed E-state index contributed by atoms with van der Waals surface area (Å²) < 4.78 is 25.8. The number of carbonyl (C=O) groups is 1.